The quantitative estimate of drug-likeness (QED) is 0.909. The first-order valence-corrected chi connectivity index (χ1v) is 7.80. The highest BCUT2D eigenvalue weighted by Gasteiger charge is 2.41. The molecule has 2 aliphatic rings. The molecule has 1 aromatic carbocycles. The summed E-state index contributed by atoms with van der Waals surface area (Å²) < 4.78 is 0. The molecule has 1 unspecified atom stereocenters. The number of likely N-dealkylation sites (tertiary alicyclic amines) is 1. The largest absolute Gasteiger partial charge is 0.393 e. The normalized spacial score (nSPS) is 28.1. The van der Waals surface area contributed by atoms with E-state index in [9.17, 15) is 9.90 Å². The second-order valence-electron chi connectivity index (χ2n) is 6.60. The van der Waals surface area contributed by atoms with E-state index < -0.39 is 0 Å². The van der Waals surface area contributed by atoms with Gasteiger partial charge in [0.1, 0.15) is 0 Å². The minimum Gasteiger partial charge on any atom is -0.393 e. The SMILES string of the molecule is CN(CC(=O)N1C[C@H]2CC(O)C[C@H]2C1)Cc1ccccc1. The summed E-state index contributed by atoms with van der Waals surface area (Å²) in [6, 6.07) is 10.2. The third kappa shape index (κ3) is 3.44. The average Bonchev–Trinajstić information content (AvgIpc) is 2.96. The summed E-state index contributed by atoms with van der Waals surface area (Å²) in [7, 11) is 1.99. The molecule has 4 heteroatoms. The molecule has 3 atom stereocenters. The van der Waals surface area contributed by atoms with Crippen LogP contribution in [0, 0.1) is 11.8 Å². The van der Waals surface area contributed by atoms with Crippen LogP contribution in [0.4, 0.5) is 0 Å². The molecule has 3 rings (SSSR count). The minimum atomic E-state index is -0.141. The first kappa shape index (κ1) is 14.5. The van der Waals surface area contributed by atoms with Gasteiger partial charge in [-0.25, -0.2) is 0 Å². The third-order valence-corrected chi connectivity index (χ3v) is 4.78. The number of likely N-dealkylation sites (N-methyl/N-ethyl adjacent to an activating group) is 1. The van der Waals surface area contributed by atoms with Crippen LogP contribution in [0.25, 0.3) is 0 Å². The van der Waals surface area contributed by atoms with E-state index in [1.54, 1.807) is 0 Å². The summed E-state index contributed by atoms with van der Waals surface area (Å²) in [5, 5.41) is 9.66. The van der Waals surface area contributed by atoms with Crippen molar-refractivity contribution in [1.29, 1.82) is 0 Å². The molecular formula is C17H24N2O2. The Morgan fingerprint density at radius 3 is 2.48 bits per heavy atom. The molecule has 1 N–H and O–H groups in total. The number of carbonyl (C=O) groups excluding carboxylic acids is 1. The first-order chi connectivity index (χ1) is 10.1. The van der Waals surface area contributed by atoms with Gasteiger partial charge in [0, 0.05) is 19.6 Å². The van der Waals surface area contributed by atoms with Gasteiger partial charge in [0.05, 0.1) is 12.6 Å². The van der Waals surface area contributed by atoms with E-state index >= 15 is 0 Å². The van der Waals surface area contributed by atoms with Gasteiger partial charge < -0.3 is 10.0 Å². The molecule has 114 valence electrons. The number of fused-ring (bicyclic) bond motifs is 1. The van der Waals surface area contributed by atoms with Crippen molar-refractivity contribution in [1.82, 2.24) is 9.80 Å². The second-order valence-corrected chi connectivity index (χ2v) is 6.60. The predicted octanol–water partition coefficient (Wildman–Crippen LogP) is 1.35. The Hall–Kier alpha value is -1.39. The Kier molecular flexibility index (Phi) is 4.27. The van der Waals surface area contributed by atoms with Crippen LogP contribution < -0.4 is 0 Å². The molecule has 1 aromatic rings. The zero-order chi connectivity index (χ0) is 14.8. The van der Waals surface area contributed by atoms with Crippen LogP contribution in [0.2, 0.25) is 0 Å². The molecule has 1 aliphatic heterocycles. The summed E-state index contributed by atoms with van der Waals surface area (Å²) in [6.45, 7) is 2.93. The molecule has 21 heavy (non-hydrogen) atoms. The van der Waals surface area contributed by atoms with Crippen molar-refractivity contribution >= 4 is 5.91 Å². The minimum absolute atomic E-state index is 0.141. The molecule has 2 fully saturated rings. The van der Waals surface area contributed by atoms with Gasteiger partial charge in [-0.1, -0.05) is 30.3 Å². The lowest BCUT2D eigenvalue weighted by Crippen LogP contribution is -2.38. The van der Waals surface area contributed by atoms with Crippen LogP contribution in [0.3, 0.4) is 0 Å². The molecule has 0 bridgehead atoms. The number of rotatable bonds is 4. The van der Waals surface area contributed by atoms with Crippen molar-refractivity contribution in [2.24, 2.45) is 11.8 Å². The van der Waals surface area contributed by atoms with Crippen LogP contribution >= 0.6 is 0 Å². The Labute approximate surface area is 126 Å². The van der Waals surface area contributed by atoms with E-state index in [1.165, 1.54) is 5.56 Å². The maximum atomic E-state index is 12.4. The number of aliphatic hydroxyl groups excluding tert-OH is 1. The fraction of sp³-hybridized carbons (Fsp3) is 0.588. The maximum absolute atomic E-state index is 12.4. The molecule has 4 nitrogen and oxygen atoms in total. The molecule has 0 spiro atoms. The van der Waals surface area contributed by atoms with Crippen molar-refractivity contribution in [2.75, 3.05) is 26.7 Å². The summed E-state index contributed by atoms with van der Waals surface area (Å²) in [5.74, 6) is 1.25. The van der Waals surface area contributed by atoms with E-state index in [-0.39, 0.29) is 12.0 Å². The van der Waals surface area contributed by atoms with Crippen molar-refractivity contribution in [3.8, 4) is 0 Å². The monoisotopic (exact) mass is 288 g/mol. The van der Waals surface area contributed by atoms with Gasteiger partial charge in [-0.15, -0.1) is 0 Å². The first-order valence-electron chi connectivity index (χ1n) is 7.80. The summed E-state index contributed by atoms with van der Waals surface area (Å²) in [4.78, 5) is 16.4. The number of carbonyl (C=O) groups is 1. The zero-order valence-corrected chi connectivity index (χ0v) is 12.6. The van der Waals surface area contributed by atoms with Gasteiger partial charge in [-0.3, -0.25) is 9.69 Å². The Bertz CT molecular complexity index is 477. The van der Waals surface area contributed by atoms with Crippen molar-refractivity contribution in [3.05, 3.63) is 35.9 Å². The molecule has 1 saturated heterocycles. The molecule has 1 saturated carbocycles. The van der Waals surface area contributed by atoms with E-state index in [0.29, 0.717) is 18.4 Å². The van der Waals surface area contributed by atoms with Crippen LogP contribution in [-0.4, -0.2) is 53.6 Å². The van der Waals surface area contributed by atoms with Gasteiger partial charge in [0.15, 0.2) is 0 Å². The van der Waals surface area contributed by atoms with E-state index in [0.717, 1.165) is 32.5 Å². The van der Waals surface area contributed by atoms with Gasteiger partial charge >= 0.3 is 0 Å². The van der Waals surface area contributed by atoms with E-state index in [4.69, 9.17) is 0 Å². The molecule has 1 aliphatic carbocycles. The number of hydrogen-bond donors (Lipinski definition) is 1. The Morgan fingerprint density at radius 2 is 1.86 bits per heavy atom. The highest BCUT2D eigenvalue weighted by atomic mass is 16.3. The predicted molar refractivity (Wildman–Crippen MR) is 81.6 cm³/mol. The van der Waals surface area contributed by atoms with E-state index in [1.807, 2.05) is 30.1 Å². The Morgan fingerprint density at radius 1 is 1.24 bits per heavy atom. The molecular weight excluding hydrogens is 264 g/mol. The lowest BCUT2D eigenvalue weighted by molar-refractivity contribution is -0.131. The molecule has 1 heterocycles. The topological polar surface area (TPSA) is 43.8 Å². The van der Waals surface area contributed by atoms with Crippen molar-refractivity contribution < 1.29 is 9.90 Å². The zero-order valence-electron chi connectivity index (χ0n) is 12.6. The highest BCUT2D eigenvalue weighted by Crippen LogP contribution is 2.37. The fourth-order valence-electron chi connectivity index (χ4n) is 3.75. The van der Waals surface area contributed by atoms with Gasteiger partial charge in [-0.2, -0.15) is 0 Å². The maximum Gasteiger partial charge on any atom is 0.236 e. The number of hydrogen-bond acceptors (Lipinski definition) is 3. The Balaban J connectivity index is 1.48. The second kappa shape index (κ2) is 6.16. The molecule has 1 amide bonds. The van der Waals surface area contributed by atoms with Crippen LogP contribution in [0.15, 0.2) is 30.3 Å². The molecule has 0 aromatic heterocycles. The van der Waals surface area contributed by atoms with Crippen LogP contribution in [0.5, 0.6) is 0 Å². The average molecular weight is 288 g/mol. The van der Waals surface area contributed by atoms with Gasteiger partial charge in [0.2, 0.25) is 5.91 Å². The number of amides is 1. The standard InChI is InChI=1S/C17H24N2O2/c1-18(9-13-5-3-2-4-6-13)12-17(21)19-10-14-7-16(20)8-15(14)11-19/h2-6,14-16,20H,7-12H2,1H3/t14-,15+,16?. The van der Waals surface area contributed by atoms with Crippen molar-refractivity contribution in [2.45, 2.75) is 25.5 Å². The smallest absolute Gasteiger partial charge is 0.236 e. The fourth-order valence-corrected chi connectivity index (χ4v) is 3.75. The summed E-state index contributed by atoms with van der Waals surface area (Å²) in [5.41, 5.74) is 1.23. The number of aliphatic hydroxyl groups is 1. The lowest BCUT2D eigenvalue weighted by Gasteiger charge is -2.22. The third-order valence-electron chi connectivity index (χ3n) is 4.78. The highest BCUT2D eigenvalue weighted by molar-refractivity contribution is 5.78. The van der Waals surface area contributed by atoms with Crippen LogP contribution in [0.1, 0.15) is 18.4 Å². The molecule has 0 radical (unpaired) electrons. The summed E-state index contributed by atoms with van der Waals surface area (Å²) in [6.07, 6.45) is 1.60. The lowest BCUT2D eigenvalue weighted by atomic mass is 10.0. The van der Waals surface area contributed by atoms with Gasteiger partial charge in [0.25, 0.3) is 0 Å². The summed E-state index contributed by atoms with van der Waals surface area (Å²) >= 11 is 0. The van der Waals surface area contributed by atoms with Crippen LogP contribution in [-0.2, 0) is 11.3 Å². The number of benzene rings is 1. The van der Waals surface area contributed by atoms with Gasteiger partial charge in [-0.05, 0) is 37.3 Å². The van der Waals surface area contributed by atoms with E-state index in [2.05, 4.69) is 17.0 Å². The van der Waals surface area contributed by atoms with Crippen molar-refractivity contribution in [3.63, 3.8) is 0 Å². The number of nitrogens with zero attached hydrogens (tertiary/aromatic N) is 2.